The Morgan fingerprint density at radius 2 is 1.76 bits per heavy atom. The van der Waals surface area contributed by atoms with Crippen LogP contribution in [-0.4, -0.2) is 19.5 Å². The smallest absolute Gasteiger partial charge is 0.0506 e. The lowest BCUT2D eigenvalue weighted by Crippen LogP contribution is -2.00. The maximum absolute atomic E-state index is 5.64. The maximum Gasteiger partial charge on any atom is 0.0506 e. The molecule has 0 aliphatic carbocycles. The first kappa shape index (κ1) is 14.6. The third kappa shape index (κ3) is 6.75. The largest absolute Gasteiger partial charge is 0.381 e. The van der Waals surface area contributed by atoms with Gasteiger partial charge in [-0.25, -0.2) is 0 Å². The standard InChI is InChI=1S/C15H24OS/c1-3-4-5-6-12-16-13-11-14-7-9-15(17-2)10-8-14/h7-10H,3-6,11-13H2,1-2H3. The number of hydrogen-bond donors (Lipinski definition) is 0. The van der Waals surface area contributed by atoms with Gasteiger partial charge in [-0.1, -0.05) is 38.3 Å². The van der Waals surface area contributed by atoms with Gasteiger partial charge in [0.15, 0.2) is 0 Å². The van der Waals surface area contributed by atoms with Crippen LogP contribution in [0.3, 0.4) is 0 Å². The highest BCUT2D eigenvalue weighted by molar-refractivity contribution is 7.98. The van der Waals surface area contributed by atoms with Crippen molar-refractivity contribution < 1.29 is 4.74 Å². The third-order valence-corrected chi connectivity index (χ3v) is 3.58. The molecular formula is C15H24OS. The summed E-state index contributed by atoms with van der Waals surface area (Å²) >= 11 is 1.79. The van der Waals surface area contributed by atoms with Crippen molar-refractivity contribution in [2.24, 2.45) is 0 Å². The molecule has 0 atom stereocenters. The van der Waals surface area contributed by atoms with Crippen LogP contribution in [-0.2, 0) is 11.2 Å². The predicted octanol–water partition coefficient (Wildman–Crippen LogP) is 4.55. The zero-order valence-corrected chi connectivity index (χ0v) is 11.9. The Morgan fingerprint density at radius 3 is 2.41 bits per heavy atom. The van der Waals surface area contributed by atoms with E-state index in [0.29, 0.717) is 0 Å². The van der Waals surface area contributed by atoms with Crippen molar-refractivity contribution >= 4 is 11.8 Å². The molecule has 0 unspecified atom stereocenters. The van der Waals surface area contributed by atoms with E-state index < -0.39 is 0 Å². The van der Waals surface area contributed by atoms with Crippen LogP contribution in [0.4, 0.5) is 0 Å². The summed E-state index contributed by atoms with van der Waals surface area (Å²) in [5, 5.41) is 0. The van der Waals surface area contributed by atoms with E-state index in [0.717, 1.165) is 19.6 Å². The number of thioether (sulfide) groups is 1. The monoisotopic (exact) mass is 252 g/mol. The van der Waals surface area contributed by atoms with E-state index in [4.69, 9.17) is 4.74 Å². The van der Waals surface area contributed by atoms with Crippen molar-refractivity contribution in [1.29, 1.82) is 0 Å². The van der Waals surface area contributed by atoms with E-state index in [9.17, 15) is 0 Å². The fourth-order valence-corrected chi connectivity index (χ4v) is 2.12. The summed E-state index contributed by atoms with van der Waals surface area (Å²) in [5.41, 5.74) is 1.37. The average molecular weight is 252 g/mol. The second kappa shape index (κ2) is 9.55. The van der Waals surface area contributed by atoms with Gasteiger partial charge in [-0.05, 0) is 36.8 Å². The molecule has 0 saturated carbocycles. The molecule has 1 rings (SSSR count). The van der Waals surface area contributed by atoms with Crippen molar-refractivity contribution in [2.75, 3.05) is 19.5 Å². The van der Waals surface area contributed by atoms with E-state index >= 15 is 0 Å². The highest BCUT2D eigenvalue weighted by Crippen LogP contribution is 2.15. The first-order valence-corrected chi connectivity index (χ1v) is 7.80. The molecule has 1 nitrogen and oxygen atoms in total. The molecule has 17 heavy (non-hydrogen) atoms. The van der Waals surface area contributed by atoms with Gasteiger partial charge in [-0.3, -0.25) is 0 Å². The first-order chi connectivity index (χ1) is 8.36. The predicted molar refractivity (Wildman–Crippen MR) is 76.9 cm³/mol. The molecule has 0 aromatic heterocycles. The molecule has 0 aliphatic rings. The van der Waals surface area contributed by atoms with Crippen molar-refractivity contribution in [2.45, 2.75) is 43.9 Å². The number of ether oxygens (including phenoxy) is 1. The Bertz CT molecular complexity index is 281. The van der Waals surface area contributed by atoms with Crippen LogP contribution in [0.5, 0.6) is 0 Å². The number of rotatable bonds is 9. The fraction of sp³-hybridized carbons (Fsp3) is 0.600. The molecule has 0 spiro atoms. The summed E-state index contributed by atoms with van der Waals surface area (Å²) in [6.07, 6.45) is 8.27. The van der Waals surface area contributed by atoms with Crippen LogP contribution < -0.4 is 0 Å². The van der Waals surface area contributed by atoms with Crippen molar-refractivity contribution in [3.8, 4) is 0 Å². The lowest BCUT2D eigenvalue weighted by atomic mass is 10.2. The summed E-state index contributed by atoms with van der Waals surface area (Å²) in [6, 6.07) is 8.76. The topological polar surface area (TPSA) is 9.23 Å². The molecule has 2 heteroatoms. The van der Waals surface area contributed by atoms with Crippen molar-refractivity contribution in [3.05, 3.63) is 29.8 Å². The van der Waals surface area contributed by atoms with E-state index in [-0.39, 0.29) is 0 Å². The van der Waals surface area contributed by atoms with Crippen LogP contribution in [0.15, 0.2) is 29.2 Å². The van der Waals surface area contributed by atoms with Crippen LogP contribution in [0.1, 0.15) is 38.2 Å². The Labute approximate surface area is 110 Å². The van der Waals surface area contributed by atoms with Crippen LogP contribution in [0.25, 0.3) is 0 Å². The Hall–Kier alpha value is -0.470. The minimum atomic E-state index is 0.852. The first-order valence-electron chi connectivity index (χ1n) is 6.57. The van der Waals surface area contributed by atoms with Gasteiger partial charge in [0.1, 0.15) is 0 Å². The van der Waals surface area contributed by atoms with Crippen LogP contribution >= 0.6 is 11.8 Å². The summed E-state index contributed by atoms with van der Waals surface area (Å²) in [7, 11) is 0. The van der Waals surface area contributed by atoms with Crippen molar-refractivity contribution in [3.63, 3.8) is 0 Å². The Balaban J connectivity index is 2.05. The lowest BCUT2D eigenvalue weighted by Gasteiger charge is -2.05. The third-order valence-electron chi connectivity index (χ3n) is 2.84. The molecule has 0 N–H and O–H groups in total. The average Bonchev–Trinajstić information content (AvgIpc) is 2.38. The zero-order valence-electron chi connectivity index (χ0n) is 11.1. The number of unbranched alkanes of at least 4 members (excludes halogenated alkanes) is 3. The normalized spacial score (nSPS) is 10.7. The van der Waals surface area contributed by atoms with Gasteiger partial charge in [-0.2, -0.15) is 0 Å². The summed E-state index contributed by atoms with van der Waals surface area (Å²) in [5.74, 6) is 0. The quantitative estimate of drug-likeness (QED) is 0.471. The van der Waals surface area contributed by atoms with Gasteiger partial charge >= 0.3 is 0 Å². The molecule has 0 radical (unpaired) electrons. The van der Waals surface area contributed by atoms with Crippen LogP contribution in [0, 0.1) is 0 Å². The molecule has 0 bridgehead atoms. The number of hydrogen-bond acceptors (Lipinski definition) is 2. The Kier molecular flexibility index (Phi) is 8.20. The van der Waals surface area contributed by atoms with Crippen LogP contribution in [0.2, 0.25) is 0 Å². The molecule has 96 valence electrons. The van der Waals surface area contributed by atoms with Gasteiger partial charge in [0, 0.05) is 11.5 Å². The molecule has 0 amide bonds. The number of benzene rings is 1. The zero-order chi connectivity index (χ0) is 12.3. The highest BCUT2D eigenvalue weighted by atomic mass is 32.2. The summed E-state index contributed by atoms with van der Waals surface area (Å²) in [6.45, 7) is 4.01. The van der Waals surface area contributed by atoms with Gasteiger partial charge in [0.25, 0.3) is 0 Å². The molecule has 1 aromatic rings. The summed E-state index contributed by atoms with van der Waals surface area (Å²) in [4.78, 5) is 1.33. The minimum Gasteiger partial charge on any atom is -0.381 e. The Morgan fingerprint density at radius 1 is 1.00 bits per heavy atom. The van der Waals surface area contributed by atoms with E-state index in [2.05, 4.69) is 37.4 Å². The van der Waals surface area contributed by atoms with Gasteiger partial charge in [0.2, 0.25) is 0 Å². The SMILES string of the molecule is CCCCCCOCCc1ccc(SC)cc1. The molecule has 0 fully saturated rings. The van der Waals surface area contributed by atoms with Gasteiger partial charge in [-0.15, -0.1) is 11.8 Å². The van der Waals surface area contributed by atoms with E-state index in [1.165, 1.54) is 36.1 Å². The molecule has 0 saturated heterocycles. The minimum absolute atomic E-state index is 0.852. The lowest BCUT2D eigenvalue weighted by molar-refractivity contribution is 0.133. The maximum atomic E-state index is 5.64. The molecular weight excluding hydrogens is 228 g/mol. The van der Waals surface area contributed by atoms with Gasteiger partial charge in [0.05, 0.1) is 6.61 Å². The fourth-order valence-electron chi connectivity index (χ4n) is 1.72. The van der Waals surface area contributed by atoms with Crippen molar-refractivity contribution in [1.82, 2.24) is 0 Å². The molecule has 1 aromatic carbocycles. The highest BCUT2D eigenvalue weighted by Gasteiger charge is 1.95. The van der Waals surface area contributed by atoms with Gasteiger partial charge < -0.3 is 4.74 Å². The second-order valence-corrected chi connectivity index (χ2v) is 5.15. The molecule has 0 aliphatic heterocycles. The second-order valence-electron chi connectivity index (χ2n) is 4.27. The van der Waals surface area contributed by atoms with E-state index in [1.807, 2.05) is 0 Å². The molecule has 0 heterocycles. The van der Waals surface area contributed by atoms with E-state index in [1.54, 1.807) is 11.8 Å². The summed E-state index contributed by atoms with van der Waals surface area (Å²) < 4.78 is 5.64.